The van der Waals surface area contributed by atoms with Gasteiger partial charge in [-0.15, -0.1) is 0 Å². The number of carbonyl (C=O) groups is 1. The number of amides is 1. The number of hydrogen-bond acceptors (Lipinski definition) is 3. The Kier molecular flexibility index (Phi) is 5.57. The number of benzene rings is 1. The molecule has 0 radical (unpaired) electrons. The van der Waals surface area contributed by atoms with Crippen molar-refractivity contribution in [2.45, 2.75) is 58.8 Å². The highest BCUT2D eigenvalue weighted by Gasteiger charge is 2.22. The number of hydrogen-bond donors (Lipinski definition) is 2. The number of ether oxygens (including phenoxy) is 1. The number of aryl methyl sites for hydroxylation is 1. The first-order chi connectivity index (χ1) is 9.23. The maximum atomic E-state index is 11.7. The molecule has 4 nitrogen and oxygen atoms in total. The third-order valence-electron chi connectivity index (χ3n) is 2.95. The first kappa shape index (κ1) is 16.5. The summed E-state index contributed by atoms with van der Waals surface area (Å²) in [5.41, 5.74) is 1.46. The fourth-order valence-electron chi connectivity index (χ4n) is 1.81. The van der Waals surface area contributed by atoms with Crippen LogP contribution in [0.25, 0.3) is 0 Å². The largest absolute Gasteiger partial charge is 0.444 e. The normalized spacial score (nSPS) is 14.5. The van der Waals surface area contributed by atoms with Crippen molar-refractivity contribution < 1.29 is 14.6 Å². The van der Waals surface area contributed by atoms with Gasteiger partial charge < -0.3 is 15.2 Å². The third-order valence-corrected chi connectivity index (χ3v) is 2.95. The van der Waals surface area contributed by atoms with Crippen molar-refractivity contribution in [1.29, 1.82) is 0 Å². The van der Waals surface area contributed by atoms with Gasteiger partial charge in [0, 0.05) is 0 Å². The van der Waals surface area contributed by atoms with Gasteiger partial charge in [-0.2, -0.15) is 0 Å². The molecule has 0 saturated carbocycles. The second kappa shape index (κ2) is 6.75. The van der Waals surface area contributed by atoms with E-state index in [1.807, 2.05) is 24.3 Å². The molecule has 0 spiro atoms. The molecular weight excluding hydrogens is 254 g/mol. The molecule has 0 aromatic heterocycles. The van der Waals surface area contributed by atoms with Crippen molar-refractivity contribution in [2.75, 3.05) is 0 Å². The first-order valence-corrected chi connectivity index (χ1v) is 6.99. The fourth-order valence-corrected chi connectivity index (χ4v) is 1.81. The third kappa shape index (κ3) is 5.21. The summed E-state index contributed by atoms with van der Waals surface area (Å²) in [5.74, 6) is 0. The maximum absolute atomic E-state index is 11.7. The molecule has 0 unspecified atom stereocenters. The van der Waals surface area contributed by atoms with Crippen molar-refractivity contribution in [2.24, 2.45) is 0 Å². The van der Waals surface area contributed by atoms with Crippen molar-refractivity contribution >= 4 is 6.09 Å². The Labute approximate surface area is 121 Å². The highest BCUT2D eigenvalue weighted by molar-refractivity contribution is 5.68. The van der Waals surface area contributed by atoms with Crippen molar-refractivity contribution in [3.8, 4) is 0 Å². The SMILES string of the molecule is CCc1ccc([C@@H](O)[C@H](C)NC(=O)OC(C)(C)C)cc1. The molecule has 0 aliphatic carbocycles. The lowest BCUT2D eigenvalue weighted by Crippen LogP contribution is -2.40. The minimum Gasteiger partial charge on any atom is -0.444 e. The summed E-state index contributed by atoms with van der Waals surface area (Å²) in [6, 6.07) is 7.32. The van der Waals surface area contributed by atoms with Crippen LogP contribution < -0.4 is 5.32 Å². The Morgan fingerprint density at radius 2 is 1.85 bits per heavy atom. The average Bonchev–Trinajstić information content (AvgIpc) is 2.35. The summed E-state index contributed by atoms with van der Waals surface area (Å²) in [7, 11) is 0. The van der Waals surface area contributed by atoms with E-state index in [4.69, 9.17) is 4.74 Å². The monoisotopic (exact) mass is 279 g/mol. The molecule has 0 aliphatic rings. The van der Waals surface area contributed by atoms with Crippen molar-refractivity contribution in [3.05, 3.63) is 35.4 Å². The molecule has 1 aromatic rings. The van der Waals surface area contributed by atoms with Gasteiger partial charge in [-0.1, -0.05) is 31.2 Å². The highest BCUT2D eigenvalue weighted by atomic mass is 16.6. The molecule has 2 atom stereocenters. The van der Waals surface area contributed by atoms with Gasteiger partial charge in [0.15, 0.2) is 0 Å². The average molecular weight is 279 g/mol. The zero-order chi connectivity index (χ0) is 15.3. The van der Waals surface area contributed by atoms with Crippen LogP contribution in [0.5, 0.6) is 0 Å². The van der Waals surface area contributed by atoms with Gasteiger partial charge in [-0.3, -0.25) is 0 Å². The van der Waals surface area contributed by atoms with Crippen LogP contribution in [-0.2, 0) is 11.2 Å². The summed E-state index contributed by atoms with van der Waals surface area (Å²) in [6.45, 7) is 9.24. The Morgan fingerprint density at radius 1 is 1.30 bits per heavy atom. The number of carbonyl (C=O) groups excluding carboxylic acids is 1. The molecule has 1 aromatic carbocycles. The lowest BCUT2D eigenvalue weighted by Gasteiger charge is -2.24. The van der Waals surface area contributed by atoms with Crippen LogP contribution >= 0.6 is 0 Å². The van der Waals surface area contributed by atoms with E-state index < -0.39 is 23.8 Å². The van der Waals surface area contributed by atoms with Crippen molar-refractivity contribution in [3.63, 3.8) is 0 Å². The molecule has 1 rings (SSSR count). The van der Waals surface area contributed by atoms with E-state index in [2.05, 4.69) is 12.2 Å². The first-order valence-electron chi connectivity index (χ1n) is 6.99. The van der Waals surface area contributed by atoms with E-state index >= 15 is 0 Å². The highest BCUT2D eigenvalue weighted by Crippen LogP contribution is 2.18. The van der Waals surface area contributed by atoms with E-state index in [1.165, 1.54) is 5.56 Å². The Hall–Kier alpha value is -1.55. The van der Waals surface area contributed by atoms with Gasteiger partial charge in [-0.05, 0) is 45.2 Å². The predicted molar refractivity (Wildman–Crippen MR) is 79.6 cm³/mol. The number of nitrogens with one attached hydrogen (secondary N) is 1. The molecule has 0 bridgehead atoms. The number of rotatable bonds is 4. The molecular formula is C16H25NO3. The molecule has 2 N–H and O–H groups in total. The molecule has 1 amide bonds. The Bertz CT molecular complexity index is 434. The summed E-state index contributed by atoms with van der Waals surface area (Å²) in [6.07, 6.45) is -0.315. The van der Waals surface area contributed by atoms with Gasteiger partial charge in [0.05, 0.1) is 12.1 Å². The van der Waals surface area contributed by atoms with E-state index in [0.717, 1.165) is 12.0 Å². The summed E-state index contributed by atoms with van der Waals surface area (Å²) >= 11 is 0. The van der Waals surface area contributed by atoms with Crippen LogP contribution in [-0.4, -0.2) is 22.8 Å². The summed E-state index contributed by atoms with van der Waals surface area (Å²) in [4.78, 5) is 11.7. The maximum Gasteiger partial charge on any atom is 0.407 e. The second-order valence-corrected chi connectivity index (χ2v) is 5.97. The molecule has 0 heterocycles. The zero-order valence-electron chi connectivity index (χ0n) is 12.9. The van der Waals surface area contributed by atoms with Gasteiger partial charge in [0.1, 0.15) is 5.60 Å². The number of aliphatic hydroxyl groups is 1. The van der Waals surface area contributed by atoms with Crippen LogP contribution in [0.3, 0.4) is 0 Å². The van der Waals surface area contributed by atoms with E-state index in [-0.39, 0.29) is 0 Å². The topological polar surface area (TPSA) is 58.6 Å². The zero-order valence-corrected chi connectivity index (χ0v) is 12.9. The second-order valence-electron chi connectivity index (χ2n) is 5.97. The van der Waals surface area contributed by atoms with Crippen LogP contribution in [0.4, 0.5) is 4.79 Å². The van der Waals surface area contributed by atoms with Crippen LogP contribution in [0.2, 0.25) is 0 Å². The van der Waals surface area contributed by atoms with Crippen LogP contribution in [0.15, 0.2) is 24.3 Å². The lowest BCUT2D eigenvalue weighted by molar-refractivity contribution is 0.0436. The molecule has 0 saturated heterocycles. The standard InChI is InChI=1S/C16H25NO3/c1-6-12-7-9-13(10-8-12)14(18)11(2)17-15(19)20-16(3,4)5/h7-11,14,18H,6H2,1-5H3,(H,17,19)/t11-,14-/m0/s1. The molecule has 0 fully saturated rings. The number of alkyl carbamates (subject to hydrolysis) is 1. The van der Waals surface area contributed by atoms with E-state index in [9.17, 15) is 9.90 Å². The van der Waals surface area contributed by atoms with Gasteiger partial charge in [0.25, 0.3) is 0 Å². The minimum atomic E-state index is -0.756. The molecule has 112 valence electrons. The lowest BCUT2D eigenvalue weighted by atomic mass is 10.0. The van der Waals surface area contributed by atoms with Crippen LogP contribution in [0.1, 0.15) is 51.8 Å². The van der Waals surface area contributed by atoms with E-state index in [1.54, 1.807) is 27.7 Å². The van der Waals surface area contributed by atoms with Gasteiger partial charge >= 0.3 is 6.09 Å². The molecule has 4 heteroatoms. The smallest absolute Gasteiger partial charge is 0.407 e. The number of aliphatic hydroxyl groups excluding tert-OH is 1. The van der Waals surface area contributed by atoms with E-state index in [0.29, 0.717) is 0 Å². The van der Waals surface area contributed by atoms with Crippen LogP contribution in [0, 0.1) is 0 Å². The summed E-state index contributed by atoms with van der Waals surface area (Å²) in [5, 5.41) is 12.9. The Balaban J connectivity index is 2.61. The molecule has 0 aliphatic heterocycles. The molecule has 20 heavy (non-hydrogen) atoms. The Morgan fingerprint density at radius 3 is 2.30 bits per heavy atom. The summed E-state index contributed by atoms with van der Waals surface area (Å²) < 4.78 is 5.17. The van der Waals surface area contributed by atoms with Gasteiger partial charge in [0.2, 0.25) is 0 Å². The fraction of sp³-hybridized carbons (Fsp3) is 0.562. The van der Waals surface area contributed by atoms with Gasteiger partial charge in [-0.25, -0.2) is 4.79 Å². The predicted octanol–water partition coefficient (Wildman–Crippen LogP) is 3.20. The van der Waals surface area contributed by atoms with Crippen molar-refractivity contribution in [1.82, 2.24) is 5.32 Å². The quantitative estimate of drug-likeness (QED) is 0.890. The minimum absolute atomic E-state index is 0.419.